The molecule has 0 rings (SSSR count). The molecule has 0 saturated carbocycles. The smallest absolute Gasteiger partial charge is 0.423 e. The summed E-state index contributed by atoms with van der Waals surface area (Å²) < 4.78 is 74.2. The first-order valence-electron chi connectivity index (χ1n) is 2.75. The molecule has 1 nitrogen and oxygen atoms in total. The fraction of sp³-hybridized carbons (Fsp3) is 1.00. The summed E-state index contributed by atoms with van der Waals surface area (Å²) >= 11 is -0.632. The van der Waals surface area contributed by atoms with E-state index in [0.29, 0.717) is 0 Å². The largest absolute Gasteiger partial charge is 0.489 e. The van der Waals surface area contributed by atoms with Crippen LogP contribution in [0.15, 0.2) is 0 Å². The van der Waals surface area contributed by atoms with Gasteiger partial charge in [-0.15, -0.1) is 0 Å². The van der Waals surface area contributed by atoms with Gasteiger partial charge in [0.1, 0.15) is 0 Å². The van der Waals surface area contributed by atoms with Crippen LogP contribution in [0.25, 0.3) is 0 Å². The van der Waals surface area contributed by atoms with Crippen molar-refractivity contribution in [3.8, 4) is 0 Å². The topological polar surface area (TPSA) is 9.23 Å². The van der Waals surface area contributed by atoms with Gasteiger partial charge < -0.3 is 3.79 Å². The minimum absolute atomic E-state index is 0.0278. The molecule has 0 bridgehead atoms. The molecule has 0 amide bonds. The number of halogens is 6. The van der Waals surface area contributed by atoms with Gasteiger partial charge in [0.2, 0.25) is 5.60 Å². The summed E-state index contributed by atoms with van der Waals surface area (Å²) in [7, 11) is 0. The minimum atomic E-state index is -5.42. The second kappa shape index (κ2) is 3.09. The summed E-state index contributed by atoms with van der Waals surface area (Å²) in [6.07, 6.45) is -10.8. The predicted octanol–water partition coefficient (Wildman–Crippen LogP) is 1.43. The molecule has 0 heterocycles. The van der Waals surface area contributed by atoms with Crippen molar-refractivity contribution in [2.24, 2.45) is 0 Å². The van der Waals surface area contributed by atoms with E-state index >= 15 is 0 Å². The zero-order chi connectivity index (χ0) is 10.2. The molecule has 12 heavy (non-hydrogen) atoms. The summed E-state index contributed by atoms with van der Waals surface area (Å²) in [6.45, 7) is -0.0278. The minimum Gasteiger partial charge on any atom is -0.489 e. The van der Waals surface area contributed by atoms with Crippen molar-refractivity contribution >= 4 is 16.6 Å². The molecule has 0 radical (unpaired) electrons. The van der Waals surface area contributed by atoms with Gasteiger partial charge in [-0.25, -0.2) is 0 Å². The Hall–Kier alpha value is 0.0725. The summed E-state index contributed by atoms with van der Waals surface area (Å²) in [5, 5.41) is 0. The zero-order valence-electron chi connectivity index (χ0n) is 6.18. The molecule has 0 aliphatic rings. The van der Waals surface area contributed by atoms with Crippen LogP contribution < -0.4 is 0 Å². The van der Waals surface area contributed by atoms with E-state index < -0.39 is 34.6 Å². The molecule has 0 saturated heterocycles. The second-order valence-corrected chi connectivity index (χ2v) is 2.64. The fourth-order valence-corrected chi connectivity index (χ4v) is 0.855. The first-order valence-corrected chi connectivity index (χ1v) is 3.56. The van der Waals surface area contributed by atoms with E-state index in [1.165, 1.54) is 0 Å². The van der Waals surface area contributed by atoms with Gasteiger partial charge in [-0.3, -0.25) is 0 Å². The SMILES string of the molecule is CC([O][AlH2])(C(F)(F)F)C(F)(F)F. The third-order valence-electron chi connectivity index (χ3n) is 1.49. The summed E-state index contributed by atoms with van der Waals surface area (Å²) in [5.41, 5.74) is -4.02. The Kier molecular flexibility index (Phi) is 3.11. The van der Waals surface area contributed by atoms with Crippen LogP contribution in [0.3, 0.4) is 0 Å². The molecule has 0 aromatic rings. The standard InChI is InChI=1S/C4H3F6O.Al.2H/c1-2(11,3(5,6)7)4(8,9)10;;;/h1H3;;;/q-1;+1;;. The van der Waals surface area contributed by atoms with Crippen LogP contribution >= 0.6 is 0 Å². The number of rotatable bonds is 1. The highest BCUT2D eigenvalue weighted by Gasteiger charge is 2.67. The van der Waals surface area contributed by atoms with Gasteiger partial charge in [0.05, 0.1) is 0 Å². The van der Waals surface area contributed by atoms with Crippen molar-refractivity contribution in [3.63, 3.8) is 0 Å². The van der Waals surface area contributed by atoms with E-state index in [4.69, 9.17) is 0 Å². The lowest BCUT2D eigenvalue weighted by Gasteiger charge is -2.33. The summed E-state index contributed by atoms with van der Waals surface area (Å²) in [5.74, 6) is 0. The first kappa shape index (κ1) is 12.1. The van der Waals surface area contributed by atoms with Crippen molar-refractivity contribution < 1.29 is 30.1 Å². The monoisotopic (exact) mass is 210 g/mol. The molecule has 8 heteroatoms. The molecule has 0 fully saturated rings. The molecule has 0 N–H and O–H groups in total. The van der Waals surface area contributed by atoms with Crippen molar-refractivity contribution in [2.75, 3.05) is 0 Å². The summed E-state index contributed by atoms with van der Waals surface area (Å²) in [6, 6.07) is 0. The second-order valence-electron chi connectivity index (χ2n) is 2.23. The molecule has 0 atom stereocenters. The highest BCUT2D eigenvalue weighted by atomic mass is 27.1. The lowest BCUT2D eigenvalue weighted by molar-refractivity contribution is -0.350. The van der Waals surface area contributed by atoms with Crippen molar-refractivity contribution in [3.05, 3.63) is 0 Å². The Morgan fingerprint density at radius 2 is 1.17 bits per heavy atom. The predicted molar refractivity (Wildman–Crippen MR) is 30.1 cm³/mol. The summed E-state index contributed by atoms with van der Waals surface area (Å²) in [4.78, 5) is 0. The van der Waals surface area contributed by atoms with Gasteiger partial charge in [-0.05, 0) is 6.92 Å². The van der Waals surface area contributed by atoms with Gasteiger partial charge in [0, 0.05) is 0 Å². The van der Waals surface area contributed by atoms with Crippen molar-refractivity contribution in [1.82, 2.24) is 0 Å². The molecular formula is C4H5AlF6O. The number of hydrogen-bond donors (Lipinski definition) is 0. The van der Waals surface area contributed by atoms with Gasteiger partial charge in [0.25, 0.3) is 0 Å². The Bertz CT molecular complexity index is 146. The third-order valence-corrected chi connectivity index (χ3v) is 2.31. The Morgan fingerprint density at radius 1 is 0.917 bits per heavy atom. The first-order chi connectivity index (χ1) is 5.06. The maximum atomic E-state index is 11.8. The fourth-order valence-electron chi connectivity index (χ4n) is 0.392. The van der Waals surface area contributed by atoms with Crippen LogP contribution in [0.1, 0.15) is 6.92 Å². The molecular weight excluding hydrogens is 205 g/mol. The molecule has 0 aliphatic heterocycles. The van der Waals surface area contributed by atoms with Gasteiger partial charge in [0.15, 0.2) is 0 Å². The molecule has 0 aromatic carbocycles. The van der Waals surface area contributed by atoms with Gasteiger partial charge >= 0.3 is 29.0 Å². The van der Waals surface area contributed by atoms with Crippen molar-refractivity contribution in [2.45, 2.75) is 24.9 Å². The van der Waals surface area contributed by atoms with E-state index in [0.717, 1.165) is 0 Å². The van der Waals surface area contributed by atoms with Crippen LogP contribution in [-0.4, -0.2) is 34.6 Å². The lowest BCUT2D eigenvalue weighted by atomic mass is 10.1. The highest BCUT2D eigenvalue weighted by molar-refractivity contribution is 5.98. The van der Waals surface area contributed by atoms with Crippen LogP contribution in [-0.2, 0) is 3.79 Å². The molecule has 0 spiro atoms. The van der Waals surface area contributed by atoms with E-state index in [1.807, 2.05) is 0 Å². The quantitative estimate of drug-likeness (QED) is 0.470. The van der Waals surface area contributed by atoms with E-state index in [-0.39, 0.29) is 6.92 Å². The Morgan fingerprint density at radius 3 is 1.17 bits per heavy atom. The van der Waals surface area contributed by atoms with E-state index in [1.54, 1.807) is 0 Å². The third kappa shape index (κ3) is 1.87. The normalized spacial score (nSPS) is 14.9. The number of hydrogen-bond acceptors (Lipinski definition) is 1. The average Bonchev–Trinajstić information content (AvgIpc) is 1.81. The van der Waals surface area contributed by atoms with Crippen LogP contribution in [0.2, 0.25) is 0 Å². The lowest BCUT2D eigenvalue weighted by Crippen LogP contribution is -2.56. The van der Waals surface area contributed by atoms with Gasteiger partial charge in [-0.2, -0.15) is 26.3 Å². The maximum absolute atomic E-state index is 11.8. The maximum Gasteiger partial charge on any atom is 0.423 e. The Labute approximate surface area is 72.4 Å². The van der Waals surface area contributed by atoms with E-state index in [2.05, 4.69) is 3.79 Å². The van der Waals surface area contributed by atoms with E-state index in [9.17, 15) is 26.3 Å². The number of alkyl halides is 6. The zero-order valence-corrected chi connectivity index (χ0v) is 8.18. The molecule has 72 valence electrons. The van der Waals surface area contributed by atoms with Crippen LogP contribution in [0, 0.1) is 0 Å². The Balaban J connectivity index is 4.95. The highest BCUT2D eigenvalue weighted by Crippen LogP contribution is 2.44. The molecule has 0 aromatic heterocycles. The van der Waals surface area contributed by atoms with Crippen LogP contribution in [0.4, 0.5) is 26.3 Å². The van der Waals surface area contributed by atoms with Crippen LogP contribution in [0.5, 0.6) is 0 Å². The average molecular weight is 210 g/mol. The van der Waals surface area contributed by atoms with Gasteiger partial charge in [-0.1, -0.05) is 0 Å². The molecule has 0 unspecified atom stereocenters. The van der Waals surface area contributed by atoms with Crippen molar-refractivity contribution in [1.29, 1.82) is 0 Å². The molecule has 0 aliphatic carbocycles.